The number of hydrogen-bond acceptors (Lipinski definition) is 7. The quantitative estimate of drug-likeness (QED) is 0.549. The van der Waals surface area contributed by atoms with Crippen LogP contribution in [0.3, 0.4) is 0 Å². The number of aromatic hydroxyl groups is 1. The Balaban J connectivity index is 1.65. The van der Waals surface area contributed by atoms with Gasteiger partial charge in [0.2, 0.25) is 6.23 Å². The van der Waals surface area contributed by atoms with Crippen molar-refractivity contribution in [1.29, 1.82) is 0 Å². The summed E-state index contributed by atoms with van der Waals surface area (Å²) in [4.78, 5) is 0. The predicted octanol–water partition coefficient (Wildman–Crippen LogP) is 5.31. The second-order valence-electron chi connectivity index (χ2n) is 7.76. The zero-order chi connectivity index (χ0) is 23.1. The molecule has 0 spiro atoms. The topological polar surface area (TPSA) is 72.8 Å². The molecule has 1 N–H and O–H groups in total. The SMILES string of the molecule is COc1ccc(O)c(C2=NN3[C@@H](C2)c2cc(Cl)ccc2O[C@H]3c2cccc(OC)c2OC)c1. The second kappa shape index (κ2) is 8.41. The van der Waals surface area contributed by atoms with Gasteiger partial charge in [0, 0.05) is 22.6 Å². The standard InChI is InChI=1S/C25H23ClN2O5/c1-30-15-8-9-21(29)17(12-15)19-13-20-18-11-14(26)7-10-22(18)33-25(28(20)27-19)16-5-4-6-23(31-2)24(16)32-3/h4-12,20,25,29H,13H2,1-3H3/t20-,25-/m0/s1. The lowest BCUT2D eigenvalue weighted by Crippen LogP contribution is -2.34. The second-order valence-corrected chi connectivity index (χ2v) is 8.20. The van der Waals surface area contributed by atoms with E-state index in [1.54, 1.807) is 45.6 Å². The lowest BCUT2D eigenvalue weighted by molar-refractivity contribution is -0.0205. The van der Waals surface area contributed by atoms with Gasteiger partial charge >= 0.3 is 0 Å². The molecule has 8 heteroatoms. The molecule has 33 heavy (non-hydrogen) atoms. The number of rotatable bonds is 5. The highest BCUT2D eigenvalue weighted by Gasteiger charge is 2.42. The smallest absolute Gasteiger partial charge is 0.217 e. The van der Waals surface area contributed by atoms with Gasteiger partial charge < -0.3 is 24.1 Å². The van der Waals surface area contributed by atoms with Gasteiger partial charge in [-0.1, -0.05) is 17.7 Å². The van der Waals surface area contributed by atoms with E-state index in [-0.39, 0.29) is 11.8 Å². The number of methoxy groups -OCH3 is 3. The Morgan fingerprint density at radius 1 is 1.00 bits per heavy atom. The summed E-state index contributed by atoms with van der Waals surface area (Å²) in [5, 5.41) is 18.0. The third-order valence-electron chi connectivity index (χ3n) is 5.97. The van der Waals surface area contributed by atoms with Gasteiger partial charge in [-0.3, -0.25) is 0 Å². The van der Waals surface area contributed by atoms with E-state index in [1.165, 1.54) is 0 Å². The fourth-order valence-electron chi connectivity index (χ4n) is 4.41. The van der Waals surface area contributed by atoms with Crippen molar-refractivity contribution in [2.45, 2.75) is 18.7 Å². The number of fused-ring (bicyclic) bond motifs is 3. The summed E-state index contributed by atoms with van der Waals surface area (Å²) in [7, 11) is 4.79. The fourth-order valence-corrected chi connectivity index (χ4v) is 4.59. The summed E-state index contributed by atoms with van der Waals surface area (Å²) in [5.74, 6) is 2.68. The van der Waals surface area contributed by atoms with Gasteiger partial charge in [0.05, 0.1) is 38.6 Å². The van der Waals surface area contributed by atoms with Crippen LogP contribution in [0.4, 0.5) is 0 Å². The van der Waals surface area contributed by atoms with Crippen LogP contribution >= 0.6 is 11.6 Å². The number of nitrogens with zero attached hydrogens (tertiary/aromatic N) is 2. The van der Waals surface area contributed by atoms with Crippen LogP contribution in [0, 0.1) is 0 Å². The summed E-state index contributed by atoms with van der Waals surface area (Å²) >= 11 is 6.32. The first-order valence-electron chi connectivity index (χ1n) is 10.4. The Morgan fingerprint density at radius 2 is 1.85 bits per heavy atom. The molecular formula is C25H23ClN2O5. The van der Waals surface area contributed by atoms with Crippen LogP contribution in [0.5, 0.6) is 28.7 Å². The molecule has 0 aromatic heterocycles. The highest BCUT2D eigenvalue weighted by atomic mass is 35.5. The van der Waals surface area contributed by atoms with E-state index in [2.05, 4.69) is 0 Å². The summed E-state index contributed by atoms with van der Waals surface area (Å²) in [6.07, 6.45) is -0.0146. The van der Waals surface area contributed by atoms with E-state index in [4.69, 9.17) is 35.6 Å². The van der Waals surface area contributed by atoms with Crippen LogP contribution in [0.25, 0.3) is 0 Å². The number of hydrogen-bond donors (Lipinski definition) is 1. The number of halogens is 1. The van der Waals surface area contributed by atoms with Gasteiger partial charge in [-0.2, -0.15) is 5.10 Å². The Hall–Kier alpha value is -3.58. The molecule has 2 atom stereocenters. The molecule has 0 fully saturated rings. The Morgan fingerprint density at radius 3 is 2.61 bits per heavy atom. The first-order valence-corrected chi connectivity index (χ1v) is 10.8. The normalized spacial score (nSPS) is 18.7. The van der Waals surface area contributed by atoms with Gasteiger partial charge in [-0.25, -0.2) is 5.01 Å². The fraction of sp³-hybridized carbons (Fsp3) is 0.240. The molecule has 0 saturated heterocycles. The highest BCUT2D eigenvalue weighted by Crippen LogP contribution is 2.51. The van der Waals surface area contributed by atoms with Gasteiger partial charge in [0.1, 0.15) is 17.2 Å². The monoisotopic (exact) mass is 466 g/mol. The van der Waals surface area contributed by atoms with Crippen LogP contribution in [0.15, 0.2) is 59.7 Å². The molecule has 7 nitrogen and oxygen atoms in total. The molecule has 0 bridgehead atoms. The van der Waals surface area contributed by atoms with Crippen molar-refractivity contribution in [2.75, 3.05) is 21.3 Å². The minimum absolute atomic E-state index is 0.136. The van der Waals surface area contributed by atoms with E-state index >= 15 is 0 Å². The number of hydrazone groups is 1. The average molecular weight is 467 g/mol. The molecule has 0 radical (unpaired) electrons. The van der Waals surface area contributed by atoms with E-state index in [0.717, 1.165) is 22.6 Å². The lowest BCUT2D eigenvalue weighted by atomic mass is 9.95. The van der Waals surface area contributed by atoms with Crippen molar-refractivity contribution in [2.24, 2.45) is 5.10 Å². The van der Waals surface area contributed by atoms with Crippen molar-refractivity contribution in [3.63, 3.8) is 0 Å². The average Bonchev–Trinajstić information content (AvgIpc) is 3.29. The maximum absolute atomic E-state index is 10.6. The molecule has 3 aromatic rings. The van der Waals surface area contributed by atoms with E-state index < -0.39 is 6.23 Å². The van der Waals surface area contributed by atoms with Gasteiger partial charge in [-0.05, 0) is 48.5 Å². The van der Waals surface area contributed by atoms with Crippen LogP contribution in [-0.4, -0.2) is 37.2 Å². The first kappa shape index (κ1) is 21.3. The van der Waals surface area contributed by atoms with Gasteiger partial charge in [0.25, 0.3) is 0 Å². The van der Waals surface area contributed by atoms with Crippen molar-refractivity contribution in [3.05, 3.63) is 76.3 Å². The molecule has 5 rings (SSSR count). The summed E-state index contributed by atoms with van der Waals surface area (Å²) < 4.78 is 23.0. The zero-order valence-electron chi connectivity index (χ0n) is 18.4. The number of phenols is 1. The molecule has 0 amide bonds. The highest BCUT2D eigenvalue weighted by molar-refractivity contribution is 6.30. The van der Waals surface area contributed by atoms with Gasteiger partial charge in [0.15, 0.2) is 11.5 Å². The largest absolute Gasteiger partial charge is 0.507 e. The number of ether oxygens (including phenoxy) is 4. The molecule has 0 saturated carbocycles. The Labute approximate surface area is 196 Å². The molecule has 2 aliphatic rings. The van der Waals surface area contributed by atoms with E-state index in [9.17, 15) is 5.11 Å². The summed E-state index contributed by atoms with van der Waals surface area (Å²) in [6, 6.07) is 16.2. The van der Waals surface area contributed by atoms with E-state index in [1.807, 2.05) is 35.3 Å². The lowest BCUT2D eigenvalue weighted by Gasteiger charge is -2.38. The minimum Gasteiger partial charge on any atom is -0.507 e. The first-order chi connectivity index (χ1) is 16.0. The Kier molecular flexibility index (Phi) is 5.42. The van der Waals surface area contributed by atoms with Crippen molar-refractivity contribution in [3.8, 4) is 28.7 Å². The summed E-state index contributed by atoms with van der Waals surface area (Å²) in [6.45, 7) is 0. The molecular weight excluding hydrogens is 444 g/mol. The van der Waals surface area contributed by atoms with Crippen molar-refractivity contribution in [1.82, 2.24) is 5.01 Å². The molecule has 2 heterocycles. The van der Waals surface area contributed by atoms with Gasteiger partial charge in [-0.15, -0.1) is 0 Å². The van der Waals surface area contributed by atoms with E-state index in [0.29, 0.717) is 34.3 Å². The van der Waals surface area contributed by atoms with Crippen LogP contribution < -0.4 is 18.9 Å². The predicted molar refractivity (Wildman–Crippen MR) is 125 cm³/mol. The number of para-hydroxylation sites is 1. The molecule has 3 aromatic carbocycles. The third-order valence-corrected chi connectivity index (χ3v) is 6.20. The minimum atomic E-state index is -0.570. The van der Waals surface area contributed by atoms with Crippen LogP contribution in [0.2, 0.25) is 5.02 Å². The van der Waals surface area contributed by atoms with Crippen LogP contribution in [0.1, 0.15) is 35.4 Å². The maximum atomic E-state index is 10.6. The summed E-state index contributed by atoms with van der Waals surface area (Å²) in [5.41, 5.74) is 3.05. The molecule has 0 unspecified atom stereocenters. The van der Waals surface area contributed by atoms with Crippen molar-refractivity contribution < 1.29 is 24.1 Å². The Bertz CT molecular complexity index is 1250. The molecule has 170 valence electrons. The zero-order valence-corrected chi connectivity index (χ0v) is 19.2. The molecule has 0 aliphatic carbocycles. The third kappa shape index (κ3) is 3.58. The van der Waals surface area contributed by atoms with Crippen LogP contribution in [-0.2, 0) is 0 Å². The maximum Gasteiger partial charge on any atom is 0.217 e. The number of benzene rings is 3. The number of phenolic OH excluding ortho intramolecular Hbond substituents is 1. The molecule has 2 aliphatic heterocycles. The van der Waals surface area contributed by atoms with Crippen molar-refractivity contribution >= 4 is 17.3 Å².